The number of carbonyl (C=O) groups is 2. The van der Waals surface area contributed by atoms with E-state index in [-0.39, 0.29) is 18.0 Å². The van der Waals surface area contributed by atoms with Gasteiger partial charge >= 0.3 is 5.97 Å². The van der Waals surface area contributed by atoms with Gasteiger partial charge in [0.15, 0.2) is 11.5 Å². The number of H-pyrrole nitrogens is 1. The predicted molar refractivity (Wildman–Crippen MR) is 75.8 cm³/mol. The van der Waals surface area contributed by atoms with Gasteiger partial charge < -0.3 is 14.8 Å². The Kier molecular flexibility index (Phi) is 4.86. The first kappa shape index (κ1) is 15.2. The zero-order valence-electron chi connectivity index (χ0n) is 11.7. The van der Waals surface area contributed by atoms with Crippen LogP contribution in [0.4, 0.5) is 0 Å². The van der Waals surface area contributed by atoms with Gasteiger partial charge in [-0.25, -0.2) is 9.89 Å². The molecule has 0 atom stereocenters. The second kappa shape index (κ2) is 7.02. The fraction of sp³-hybridized carbons (Fsp3) is 0.143. The minimum absolute atomic E-state index is 0.00954. The summed E-state index contributed by atoms with van der Waals surface area (Å²) >= 11 is 0. The van der Waals surface area contributed by atoms with Gasteiger partial charge in [-0.3, -0.25) is 9.59 Å². The van der Waals surface area contributed by atoms with E-state index in [2.05, 4.69) is 15.5 Å². The molecule has 0 aliphatic carbocycles. The van der Waals surface area contributed by atoms with Crippen molar-refractivity contribution in [2.24, 2.45) is 0 Å². The van der Waals surface area contributed by atoms with E-state index in [1.54, 1.807) is 24.3 Å². The molecule has 8 nitrogen and oxygen atoms in total. The molecular weight excluding hydrogens is 290 g/mol. The first-order valence-corrected chi connectivity index (χ1v) is 6.28. The van der Waals surface area contributed by atoms with Crippen LogP contribution < -0.4 is 20.3 Å². The van der Waals surface area contributed by atoms with Gasteiger partial charge in [-0.05, 0) is 18.2 Å². The lowest BCUT2D eigenvalue weighted by molar-refractivity contribution is -0.133. The van der Waals surface area contributed by atoms with Crippen LogP contribution in [-0.4, -0.2) is 35.7 Å². The zero-order valence-corrected chi connectivity index (χ0v) is 11.7. The van der Waals surface area contributed by atoms with Crippen LogP contribution in [0.5, 0.6) is 11.5 Å². The van der Waals surface area contributed by atoms with Crippen molar-refractivity contribution in [2.75, 3.05) is 13.7 Å². The molecular formula is C14H13N3O5. The Morgan fingerprint density at radius 1 is 1.18 bits per heavy atom. The highest BCUT2D eigenvalue weighted by Gasteiger charge is 2.12. The lowest BCUT2D eigenvalue weighted by Crippen LogP contribution is -2.33. The van der Waals surface area contributed by atoms with Gasteiger partial charge in [0.1, 0.15) is 12.2 Å². The third-order valence-corrected chi connectivity index (χ3v) is 2.60. The minimum Gasteiger partial charge on any atom is -0.493 e. The number of nitrogens with one attached hydrogen (secondary N) is 2. The first-order chi connectivity index (χ1) is 10.6. The Hall–Kier alpha value is -3.16. The van der Waals surface area contributed by atoms with Crippen LogP contribution in [0.1, 0.15) is 10.5 Å². The van der Waals surface area contributed by atoms with Crippen molar-refractivity contribution in [1.82, 2.24) is 15.5 Å². The molecule has 22 heavy (non-hydrogen) atoms. The highest BCUT2D eigenvalue weighted by molar-refractivity contribution is 5.94. The lowest BCUT2D eigenvalue weighted by atomic mass is 10.3. The highest BCUT2D eigenvalue weighted by Crippen LogP contribution is 2.25. The van der Waals surface area contributed by atoms with Gasteiger partial charge in [-0.15, -0.1) is 0 Å². The number of amides is 1. The number of hydrogen-bond donors (Lipinski definition) is 2. The summed E-state index contributed by atoms with van der Waals surface area (Å²) in [6, 6.07) is 9.05. The number of carbonyl (C=O) groups excluding carboxylic acids is 2. The standard InChI is InChI=1S/C14H13N3O5/c1-21-10-4-2-3-5-11(10)22-13(19)8-15-14(20)9-6-7-12(18)17-16-9/h2-7H,8H2,1H3,(H,15,20)(H,17,18). The Morgan fingerprint density at radius 2 is 1.91 bits per heavy atom. The van der Waals surface area contributed by atoms with Crippen molar-refractivity contribution in [2.45, 2.75) is 0 Å². The van der Waals surface area contributed by atoms with E-state index in [4.69, 9.17) is 9.47 Å². The number of aromatic nitrogens is 2. The van der Waals surface area contributed by atoms with Crippen molar-refractivity contribution < 1.29 is 19.1 Å². The lowest BCUT2D eigenvalue weighted by Gasteiger charge is -2.09. The number of rotatable bonds is 5. The molecule has 0 saturated heterocycles. The quantitative estimate of drug-likeness (QED) is 0.599. The summed E-state index contributed by atoms with van der Waals surface area (Å²) in [5.74, 6) is -0.605. The van der Waals surface area contributed by atoms with Gasteiger partial charge in [-0.2, -0.15) is 5.10 Å². The van der Waals surface area contributed by atoms with E-state index in [1.807, 2.05) is 0 Å². The summed E-state index contributed by atoms with van der Waals surface area (Å²) in [6.07, 6.45) is 0. The topological polar surface area (TPSA) is 110 Å². The summed E-state index contributed by atoms with van der Waals surface area (Å²) in [6.45, 7) is -0.350. The fourth-order valence-electron chi connectivity index (χ4n) is 1.58. The number of methoxy groups -OCH3 is 1. The molecule has 1 aromatic heterocycles. The Labute approximate surface area is 125 Å². The summed E-state index contributed by atoms with van der Waals surface area (Å²) in [7, 11) is 1.45. The van der Waals surface area contributed by atoms with Crippen LogP contribution in [0, 0.1) is 0 Å². The van der Waals surface area contributed by atoms with E-state index in [9.17, 15) is 14.4 Å². The number of benzene rings is 1. The Balaban J connectivity index is 1.91. The first-order valence-electron chi connectivity index (χ1n) is 6.28. The largest absolute Gasteiger partial charge is 0.493 e. The summed E-state index contributed by atoms with van der Waals surface area (Å²) in [4.78, 5) is 34.2. The molecule has 0 radical (unpaired) electrons. The second-order valence-corrected chi connectivity index (χ2v) is 4.11. The second-order valence-electron chi connectivity index (χ2n) is 4.11. The van der Waals surface area contributed by atoms with Crippen molar-refractivity contribution in [3.05, 3.63) is 52.4 Å². The molecule has 0 unspecified atom stereocenters. The van der Waals surface area contributed by atoms with Crippen molar-refractivity contribution >= 4 is 11.9 Å². The van der Waals surface area contributed by atoms with Crippen LogP contribution in [0.25, 0.3) is 0 Å². The predicted octanol–water partition coefficient (Wildman–Crippen LogP) is 0.114. The Morgan fingerprint density at radius 3 is 2.55 bits per heavy atom. The SMILES string of the molecule is COc1ccccc1OC(=O)CNC(=O)c1ccc(=O)[nH]n1. The van der Waals surface area contributed by atoms with Gasteiger partial charge in [-0.1, -0.05) is 12.1 Å². The average Bonchev–Trinajstić information content (AvgIpc) is 2.54. The molecule has 114 valence electrons. The number of aromatic amines is 1. The van der Waals surface area contributed by atoms with E-state index in [0.29, 0.717) is 5.75 Å². The highest BCUT2D eigenvalue weighted by atomic mass is 16.6. The van der Waals surface area contributed by atoms with Crippen LogP contribution in [0.3, 0.4) is 0 Å². The molecule has 2 N–H and O–H groups in total. The maximum Gasteiger partial charge on any atom is 0.330 e. The number of esters is 1. The van der Waals surface area contributed by atoms with Crippen molar-refractivity contribution in [1.29, 1.82) is 0 Å². The number of nitrogens with zero attached hydrogens (tertiary/aromatic N) is 1. The van der Waals surface area contributed by atoms with Crippen molar-refractivity contribution in [3.63, 3.8) is 0 Å². The summed E-state index contributed by atoms with van der Waals surface area (Å²) < 4.78 is 10.1. The van der Waals surface area contributed by atoms with Crippen LogP contribution >= 0.6 is 0 Å². The third kappa shape index (κ3) is 3.92. The van der Waals surface area contributed by atoms with E-state index in [1.165, 1.54) is 13.2 Å². The molecule has 1 aromatic carbocycles. The van der Waals surface area contributed by atoms with Gasteiger partial charge in [0, 0.05) is 6.07 Å². The molecule has 8 heteroatoms. The molecule has 1 amide bonds. The third-order valence-electron chi connectivity index (χ3n) is 2.60. The zero-order chi connectivity index (χ0) is 15.9. The van der Waals surface area contributed by atoms with Crippen molar-refractivity contribution in [3.8, 4) is 11.5 Å². The van der Waals surface area contributed by atoms with Crippen LogP contribution in [-0.2, 0) is 4.79 Å². The minimum atomic E-state index is -0.665. The monoisotopic (exact) mass is 303 g/mol. The Bertz CT molecular complexity index is 721. The molecule has 0 aliphatic rings. The summed E-state index contributed by atoms with van der Waals surface area (Å²) in [5, 5.41) is 8.01. The smallest absolute Gasteiger partial charge is 0.330 e. The van der Waals surface area contributed by atoms with E-state index >= 15 is 0 Å². The molecule has 0 saturated carbocycles. The van der Waals surface area contributed by atoms with E-state index < -0.39 is 17.4 Å². The number of hydrogen-bond acceptors (Lipinski definition) is 6. The molecule has 0 aliphatic heterocycles. The van der Waals surface area contributed by atoms with Crippen LogP contribution in [0.15, 0.2) is 41.2 Å². The van der Waals surface area contributed by atoms with Gasteiger partial charge in [0.25, 0.3) is 11.5 Å². The summed E-state index contributed by atoms with van der Waals surface area (Å²) in [5.41, 5.74) is -0.433. The molecule has 2 rings (SSSR count). The molecule has 1 heterocycles. The maximum atomic E-state index is 11.7. The van der Waals surface area contributed by atoms with Gasteiger partial charge in [0.2, 0.25) is 0 Å². The van der Waals surface area contributed by atoms with Gasteiger partial charge in [0.05, 0.1) is 7.11 Å². The molecule has 2 aromatic rings. The fourth-order valence-corrected chi connectivity index (χ4v) is 1.58. The van der Waals surface area contributed by atoms with Crippen LogP contribution in [0.2, 0.25) is 0 Å². The number of ether oxygens (including phenoxy) is 2. The maximum absolute atomic E-state index is 11.7. The molecule has 0 fully saturated rings. The van der Waals surface area contributed by atoms with E-state index in [0.717, 1.165) is 6.07 Å². The molecule has 0 spiro atoms. The number of para-hydroxylation sites is 2. The molecule has 0 bridgehead atoms. The normalized spacial score (nSPS) is 9.86. The average molecular weight is 303 g/mol.